The molecule has 134 valence electrons. The lowest BCUT2D eigenvalue weighted by atomic mass is 10.2. The van der Waals surface area contributed by atoms with Crippen LogP contribution in [0.5, 0.6) is 5.75 Å². The van der Waals surface area contributed by atoms with Crippen LogP contribution in [0.25, 0.3) is 0 Å². The molecule has 1 N–H and O–H groups in total. The quantitative estimate of drug-likeness (QED) is 0.858. The number of nitrogens with zero attached hydrogens (tertiary/aromatic N) is 2. The summed E-state index contributed by atoms with van der Waals surface area (Å²) in [5.41, 5.74) is 2.55. The number of benzene rings is 2. The fourth-order valence-corrected chi connectivity index (χ4v) is 3.23. The lowest BCUT2D eigenvalue weighted by molar-refractivity contribution is 0.0663. The van der Waals surface area contributed by atoms with Crippen LogP contribution in [0.3, 0.4) is 0 Å². The van der Waals surface area contributed by atoms with Crippen LogP contribution in [0.15, 0.2) is 48.5 Å². The van der Waals surface area contributed by atoms with Crippen molar-refractivity contribution in [3.05, 3.63) is 59.1 Å². The molecule has 2 aromatic rings. The maximum absolute atomic E-state index is 10.2. The van der Waals surface area contributed by atoms with Crippen molar-refractivity contribution in [3.63, 3.8) is 0 Å². The zero-order valence-corrected chi connectivity index (χ0v) is 15.3. The van der Waals surface area contributed by atoms with Gasteiger partial charge in [-0.15, -0.1) is 0 Å². The second-order valence-corrected chi connectivity index (χ2v) is 6.93. The molecule has 25 heavy (non-hydrogen) atoms. The number of aliphatic hydroxyl groups excluding tert-OH is 1. The molecule has 0 saturated carbocycles. The topological polar surface area (TPSA) is 35.9 Å². The lowest BCUT2D eigenvalue weighted by Crippen LogP contribution is -2.49. The Bertz CT molecular complexity index is 670. The summed E-state index contributed by atoms with van der Waals surface area (Å²) < 4.78 is 5.62. The number of aryl methyl sites for hydroxylation is 1. The Hall–Kier alpha value is -1.75. The highest BCUT2D eigenvalue weighted by molar-refractivity contribution is 6.32. The average Bonchev–Trinajstić information content (AvgIpc) is 2.62. The van der Waals surface area contributed by atoms with Gasteiger partial charge in [0.05, 0.1) is 5.02 Å². The van der Waals surface area contributed by atoms with Crippen LogP contribution in [0.2, 0.25) is 5.02 Å². The third-order valence-corrected chi connectivity index (χ3v) is 4.82. The minimum absolute atomic E-state index is 0.252. The highest BCUT2D eigenvalue weighted by Crippen LogP contribution is 2.23. The highest BCUT2D eigenvalue weighted by Gasteiger charge is 2.19. The fraction of sp³-hybridized carbons (Fsp3) is 0.400. The molecule has 2 aromatic carbocycles. The van der Waals surface area contributed by atoms with Gasteiger partial charge in [0.1, 0.15) is 18.5 Å². The zero-order chi connectivity index (χ0) is 17.6. The van der Waals surface area contributed by atoms with Gasteiger partial charge in [-0.05, 0) is 31.2 Å². The molecule has 0 bridgehead atoms. The van der Waals surface area contributed by atoms with Crippen LogP contribution >= 0.6 is 11.6 Å². The van der Waals surface area contributed by atoms with E-state index in [0.717, 1.165) is 26.2 Å². The van der Waals surface area contributed by atoms with Gasteiger partial charge in [0.15, 0.2) is 0 Å². The molecule has 0 aliphatic carbocycles. The first kappa shape index (κ1) is 18.1. The minimum Gasteiger partial charge on any atom is -0.489 e. The smallest absolute Gasteiger partial charge is 0.138 e. The van der Waals surface area contributed by atoms with E-state index in [1.807, 2.05) is 18.2 Å². The number of ether oxygens (including phenoxy) is 1. The summed E-state index contributed by atoms with van der Waals surface area (Å²) in [6.45, 7) is 6.80. The van der Waals surface area contributed by atoms with Crippen molar-refractivity contribution >= 4 is 17.3 Å². The number of rotatable bonds is 6. The molecule has 1 aliphatic rings. The van der Waals surface area contributed by atoms with Gasteiger partial charge in [-0.1, -0.05) is 41.4 Å². The van der Waals surface area contributed by atoms with E-state index in [4.69, 9.17) is 16.3 Å². The molecule has 1 aliphatic heterocycles. The van der Waals surface area contributed by atoms with Gasteiger partial charge in [-0.25, -0.2) is 0 Å². The molecular formula is C20H25ClN2O2. The van der Waals surface area contributed by atoms with Gasteiger partial charge < -0.3 is 14.7 Å². The molecule has 0 radical (unpaired) electrons. The van der Waals surface area contributed by atoms with Crippen molar-refractivity contribution in [2.24, 2.45) is 0 Å². The summed E-state index contributed by atoms with van der Waals surface area (Å²) in [7, 11) is 0. The molecule has 1 atom stereocenters. The van der Waals surface area contributed by atoms with E-state index in [0.29, 0.717) is 17.3 Å². The van der Waals surface area contributed by atoms with Crippen LogP contribution < -0.4 is 9.64 Å². The van der Waals surface area contributed by atoms with Gasteiger partial charge in [0, 0.05) is 38.4 Å². The highest BCUT2D eigenvalue weighted by atomic mass is 35.5. The Kier molecular flexibility index (Phi) is 6.19. The number of halogens is 1. The number of hydrogen-bond acceptors (Lipinski definition) is 4. The molecule has 4 nitrogen and oxygen atoms in total. The Labute approximate surface area is 154 Å². The van der Waals surface area contributed by atoms with Gasteiger partial charge in [0.25, 0.3) is 0 Å². The van der Waals surface area contributed by atoms with E-state index in [9.17, 15) is 5.11 Å². The first-order valence-electron chi connectivity index (χ1n) is 8.71. The van der Waals surface area contributed by atoms with Gasteiger partial charge in [-0.3, -0.25) is 4.90 Å². The summed E-state index contributed by atoms with van der Waals surface area (Å²) in [5.74, 6) is 0.618. The average molecular weight is 361 g/mol. The third-order valence-electron chi connectivity index (χ3n) is 4.51. The summed E-state index contributed by atoms with van der Waals surface area (Å²) in [5, 5.41) is 10.8. The predicted molar refractivity (Wildman–Crippen MR) is 103 cm³/mol. The summed E-state index contributed by atoms with van der Waals surface area (Å²) >= 11 is 6.06. The van der Waals surface area contributed by atoms with Gasteiger partial charge in [-0.2, -0.15) is 0 Å². The van der Waals surface area contributed by atoms with Crippen LogP contribution in [0.4, 0.5) is 5.69 Å². The standard InChI is InChI=1S/C20H25ClN2O2/c1-16-6-8-17(9-7-16)23-12-10-22(11-13-23)14-18(24)15-25-20-5-3-2-4-19(20)21/h2-9,18,24H,10-15H2,1H3. The molecular weight excluding hydrogens is 336 g/mol. The summed E-state index contributed by atoms with van der Waals surface area (Å²) in [6.07, 6.45) is -0.526. The van der Waals surface area contributed by atoms with Gasteiger partial charge >= 0.3 is 0 Å². The number of β-amino-alcohol motifs (C(OH)–C–C–N with tert-alkyl or cyclic N) is 1. The lowest BCUT2D eigenvalue weighted by Gasteiger charge is -2.36. The Balaban J connectivity index is 1.42. The maximum Gasteiger partial charge on any atom is 0.138 e. The monoisotopic (exact) mass is 360 g/mol. The number of piperazine rings is 1. The van der Waals surface area contributed by atoms with Crippen molar-refractivity contribution in [2.75, 3.05) is 44.2 Å². The van der Waals surface area contributed by atoms with Crippen LogP contribution in [-0.2, 0) is 0 Å². The van der Waals surface area contributed by atoms with Crippen molar-refractivity contribution in [1.29, 1.82) is 0 Å². The van der Waals surface area contributed by atoms with Crippen molar-refractivity contribution in [1.82, 2.24) is 4.90 Å². The first-order chi connectivity index (χ1) is 12.1. The fourth-order valence-electron chi connectivity index (χ4n) is 3.04. The number of para-hydroxylation sites is 1. The largest absolute Gasteiger partial charge is 0.489 e. The molecule has 0 aromatic heterocycles. The van der Waals surface area contributed by atoms with Crippen molar-refractivity contribution in [2.45, 2.75) is 13.0 Å². The normalized spacial score (nSPS) is 16.7. The Morgan fingerprint density at radius 3 is 2.40 bits per heavy atom. The molecule has 1 unspecified atom stereocenters. The van der Waals surface area contributed by atoms with Crippen molar-refractivity contribution in [3.8, 4) is 5.75 Å². The van der Waals surface area contributed by atoms with Crippen LogP contribution in [-0.4, -0.2) is 55.4 Å². The van der Waals surface area contributed by atoms with Crippen LogP contribution in [0.1, 0.15) is 5.56 Å². The Morgan fingerprint density at radius 2 is 1.72 bits per heavy atom. The van der Waals surface area contributed by atoms with E-state index in [1.54, 1.807) is 6.07 Å². The van der Waals surface area contributed by atoms with E-state index >= 15 is 0 Å². The Morgan fingerprint density at radius 1 is 1.04 bits per heavy atom. The number of anilines is 1. The number of aliphatic hydroxyl groups is 1. The van der Waals surface area contributed by atoms with Crippen LogP contribution in [0, 0.1) is 6.92 Å². The third kappa shape index (κ3) is 5.11. The van der Waals surface area contributed by atoms with E-state index in [1.165, 1.54) is 11.3 Å². The van der Waals surface area contributed by atoms with Crippen molar-refractivity contribution < 1.29 is 9.84 Å². The second-order valence-electron chi connectivity index (χ2n) is 6.52. The molecule has 0 amide bonds. The van der Waals surface area contributed by atoms with E-state index < -0.39 is 6.10 Å². The molecule has 5 heteroatoms. The summed E-state index contributed by atoms with van der Waals surface area (Å²) in [6, 6.07) is 16.0. The predicted octanol–water partition coefficient (Wildman–Crippen LogP) is 3.21. The van der Waals surface area contributed by atoms with Gasteiger partial charge in [0.2, 0.25) is 0 Å². The second kappa shape index (κ2) is 8.56. The molecule has 1 saturated heterocycles. The SMILES string of the molecule is Cc1ccc(N2CCN(CC(O)COc3ccccc3Cl)CC2)cc1. The molecule has 1 fully saturated rings. The van der Waals surface area contributed by atoms with E-state index in [2.05, 4.69) is 41.0 Å². The summed E-state index contributed by atoms with van der Waals surface area (Å²) in [4.78, 5) is 4.67. The minimum atomic E-state index is -0.526. The zero-order valence-electron chi connectivity index (χ0n) is 14.6. The molecule has 0 spiro atoms. The first-order valence-corrected chi connectivity index (χ1v) is 9.09. The molecule has 3 rings (SSSR count). The maximum atomic E-state index is 10.2. The number of hydrogen-bond donors (Lipinski definition) is 1. The van der Waals surface area contributed by atoms with E-state index in [-0.39, 0.29) is 6.61 Å². The molecule has 1 heterocycles.